The maximum Gasteiger partial charge on any atom is 0.252 e. The number of nitrogens with one attached hydrogen (secondary N) is 2. The normalized spacial score (nSPS) is 19.5. The Balaban J connectivity index is 2.00. The second-order valence-corrected chi connectivity index (χ2v) is 9.27. The molecule has 0 unspecified atom stereocenters. The predicted molar refractivity (Wildman–Crippen MR) is 133 cm³/mol. The monoisotopic (exact) mass is 441 g/mol. The van der Waals surface area contributed by atoms with Crippen LogP contribution in [0.2, 0.25) is 0 Å². The lowest BCUT2D eigenvalue weighted by Gasteiger charge is -2.36. The molecule has 5 rings (SSSR count). The summed E-state index contributed by atoms with van der Waals surface area (Å²) in [7, 11) is 0. The van der Waals surface area contributed by atoms with Gasteiger partial charge < -0.3 is 19.9 Å². The molecular weight excluding hydrogens is 410 g/mol. The van der Waals surface area contributed by atoms with Crippen LogP contribution in [-0.4, -0.2) is 16.7 Å². The van der Waals surface area contributed by atoms with Crippen LogP contribution >= 0.6 is 0 Å². The Morgan fingerprint density at radius 1 is 1.12 bits per heavy atom. The number of aromatic nitrogens is 1. The summed E-state index contributed by atoms with van der Waals surface area (Å²) in [6, 6.07) is 10.3. The van der Waals surface area contributed by atoms with Crippen molar-refractivity contribution >= 4 is 17.7 Å². The fraction of sp³-hybridized carbons (Fsp3) is 0.321. The molecule has 5 heteroatoms. The van der Waals surface area contributed by atoms with Crippen molar-refractivity contribution in [2.75, 3.05) is 5.32 Å². The Hall–Kier alpha value is -3.31. The topological polar surface area (TPSA) is 55.3 Å². The van der Waals surface area contributed by atoms with Crippen LogP contribution in [0.3, 0.4) is 0 Å². The summed E-state index contributed by atoms with van der Waals surface area (Å²) in [6.07, 6.45) is 12.0. The van der Waals surface area contributed by atoms with Gasteiger partial charge in [0.1, 0.15) is 12.0 Å². The van der Waals surface area contributed by atoms with Gasteiger partial charge in [-0.2, -0.15) is 0 Å². The van der Waals surface area contributed by atoms with Crippen molar-refractivity contribution in [2.24, 2.45) is 0 Å². The van der Waals surface area contributed by atoms with E-state index < -0.39 is 5.72 Å². The third-order valence-electron chi connectivity index (χ3n) is 6.83. The van der Waals surface area contributed by atoms with Gasteiger partial charge in [-0.3, -0.25) is 4.79 Å². The molecule has 2 N–H and O–H groups in total. The Bertz CT molecular complexity index is 1250. The maximum atomic E-state index is 13.2. The van der Waals surface area contributed by atoms with Gasteiger partial charge in [-0.25, -0.2) is 0 Å². The summed E-state index contributed by atoms with van der Waals surface area (Å²) >= 11 is 0. The summed E-state index contributed by atoms with van der Waals surface area (Å²) in [5.41, 5.74) is 7.54. The Labute approximate surface area is 195 Å². The van der Waals surface area contributed by atoms with Crippen molar-refractivity contribution < 1.29 is 9.53 Å². The number of hydrogen-bond donors (Lipinski definition) is 2. The van der Waals surface area contributed by atoms with Gasteiger partial charge in [0.25, 0.3) is 5.91 Å². The zero-order valence-corrected chi connectivity index (χ0v) is 19.7. The summed E-state index contributed by atoms with van der Waals surface area (Å²) in [6.45, 7) is 9.01. The van der Waals surface area contributed by atoms with E-state index >= 15 is 0 Å². The Morgan fingerprint density at radius 3 is 2.76 bits per heavy atom. The minimum absolute atomic E-state index is 0.0197. The highest BCUT2D eigenvalue weighted by atomic mass is 16.5. The number of benzene rings is 1. The molecule has 0 radical (unpaired) electrons. The number of para-hydroxylation sites is 1. The van der Waals surface area contributed by atoms with Crippen LogP contribution in [0.5, 0.6) is 0 Å². The minimum atomic E-state index is -0.631. The van der Waals surface area contributed by atoms with Crippen molar-refractivity contribution in [3.63, 3.8) is 0 Å². The first-order valence-electron chi connectivity index (χ1n) is 11.7. The molecule has 0 fully saturated rings. The second-order valence-electron chi connectivity index (χ2n) is 9.27. The number of allylic oxidation sites excluding steroid dienone is 3. The first-order valence-corrected chi connectivity index (χ1v) is 11.7. The standard InChI is InChI=1S/C28H31N3O2/c1-5-25-30-23-13-10-9-12-20(23)21-15-16-31(28(3,4)33-25)24-14-8-6-7-11-19(24)18(2)22-17-29-27(32)26(21)22/h6-10,12-16,25,30H,5,11,17H2,1-4H3,(H,29,32)/t25-/m1/s1. The quantitative estimate of drug-likeness (QED) is 0.586. The molecule has 2 bridgehead atoms. The van der Waals surface area contributed by atoms with Gasteiger partial charge in [0, 0.05) is 29.7 Å². The fourth-order valence-corrected chi connectivity index (χ4v) is 5.10. The average Bonchev–Trinajstić information content (AvgIpc) is 3.03. The lowest BCUT2D eigenvalue weighted by atomic mass is 9.94. The smallest absolute Gasteiger partial charge is 0.252 e. The van der Waals surface area contributed by atoms with Crippen molar-refractivity contribution in [3.05, 3.63) is 82.7 Å². The van der Waals surface area contributed by atoms with E-state index in [-0.39, 0.29) is 12.1 Å². The highest BCUT2D eigenvalue weighted by Gasteiger charge is 2.31. The Kier molecular flexibility index (Phi) is 5.37. The van der Waals surface area contributed by atoms with Gasteiger partial charge in [0.05, 0.1) is 5.56 Å². The zero-order chi connectivity index (χ0) is 23.2. The summed E-state index contributed by atoms with van der Waals surface area (Å²) in [4.78, 5) is 13.2. The van der Waals surface area contributed by atoms with E-state index in [0.717, 1.165) is 52.0 Å². The highest BCUT2D eigenvalue weighted by Crippen LogP contribution is 2.38. The van der Waals surface area contributed by atoms with Gasteiger partial charge in [0.2, 0.25) is 0 Å². The van der Waals surface area contributed by atoms with Gasteiger partial charge in [0.15, 0.2) is 0 Å². The largest absolute Gasteiger partial charge is 0.360 e. The van der Waals surface area contributed by atoms with Crippen molar-refractivity contribution in [1.82, 2.24) is 9.88 Å². The van der Waals surface area contributed by atoms with Crippen LogP contribution in [0.4, 0.5) is 5.69 Å². The molecule has 3 aliphatic rings. The molecule has 0 spiro atoms. The molecule has 33 heavy (non-hydrogen) atoms. The van der Waals surface area contributed by atoms with E-state index in [2.05, 4.69) is 91.6 Å². The molecule has 3 heterocycles. The molecule has 170 valence electrons. The van der Waals surface area contributed by atoms with Crippen LogP contribution < -0.4 is 10.6 Å². The third-order valence-corrected chi connectivity index (χ3v) is 6.83. The van der Waals surface area contributed by atoms with Crippen molar-refractivity contribution in [3.8, 4) is 11.1 Å². The van der Waals surface area contributed by atoms with Crippen molar-refractivity contribution in [2.45, 2.75) is 59.0 Å². The van der Waals surface area contributed by atoms with E-state index in [1.54, 1.807) is 0 Å². The molecule has 1 atom stereocenters. The SMILES string of the molecule is CC[C@@H]1Nc2ccccc2-c2ccn(c3c(c(C)c4c2C(=O)NC4)CC=CC=C3)C(C)(C)O1. The molecule has 0 saturated heterocycles. The van der Waals surface area contributed by atoms with Gasteiger partial charge in [-0.15, -0.1) is 0 Å². The summed E-state index contributed by atoms with van der Waals surface area (Å²) < 4.78 is 8.91. The molecule has 1 aliphatic carbocycles. The zero-order valence-electron chi connectivity index (χ0n) is 19.7. The van der Waals surface area contributed by atoms with Crippen LogP contribution in [-0.2, 0) is 23.4 Å². The number of carbonyl (C=O) groups excluding carboxylic acids is 1. The number of fused-ring (bicyclic) bond motifs is 9. The third kappa shape index (κ3) is 3.66. The molecule has 1 amide bonds. The van der Waals surface area contributed by atoms with Crippen LogP contribution in [0.15, 0.2) is 54.8 Å². The molecule has 1 aromatic heterocycles. The van der Waals surface area contributed by atoms with E-state index in [0.29, 0.717) is 6.54 Å². The number of nitrogens with zero attached hydrogens (tertiary/aromatic N) is 1. The molecular formula is C28H31N3O2. The van der Waals surface area contributed by atoms with Crippen molar-refractivity contribution in [1.29, 1.82) is 0 Å². The van der Waals surface area contributed by atoms with E-state index in [1.165, 1.54) is 5.56 Å². The highest BCUT2D eigenvalue weighted by molar-refractivity contribution is 6.05. The fourth-order valence-electron chi connectivity index (χ4n) is 5.10. The average molecular weight is 442 g/mol. The number of carbonyl (C=O) groups is 1. The number of rotatable bonds is 1. The lowest BCUT2D eigenvalue weighted by Crippen LogP contribution is -2.38. The number of hydrogen-bond acceptors (Lipinski definition) is 3. The van der Waals surface area contributed by atoms with Gasteiger partial charge in [-0.05, 0) is 74.1 Å². The number of amides is 1. The first-order chi connectivity index (χ1) is 15.9. The van der Waals surface area contributed by atoms with Crippen LogP contribution in [0.25, 0.3) is 17.2 Å². The van der Waals surface area contributed by atoms with E-state index in [9.17, 15) is 4.79 Å². The summed E-state index contributed by atoms with van der Waals surface area (Å²) in [5, 5.41) is 6.69. The maximum absolute atomic E-state index is 13.2. The second kappa shape index (κ2) is 8.23. The van der Waals surface area contributed by atoms with Gasteiger partial charge >= 0.3 is 0 Å². The first kappa shape index (κ1) is 21.5. The van der Waals surface area contributed by atoms with E-state index in [1.807, 2.05) is 12.1 Å². The van der Waals surface area contributed by atoms with E-state index in [4.69, 9.17) is 4.74 Å². The van der Waals surface area contributed by atoms with Crippen LogP contribution in [0.1, 0.15) is 59.9 Å². The molecule has 5 nitrogen and oxygen atoms in total. The lowest BCUT2D eigenvalue weighted by molar-refractivity contribution is -0.115. The number of anilines is 1. The Morgan fingerprint density at radius 2 is 1.94 bits per heavy atom. The molecule has 1 aromatic carbocycles. The summed E-state index contributed by atoms with van der Waals surface area (Å²) in [5.74, 6) is -0.0197. The molecule has 2 aliphatic heterocycles. The van der Waals surface area contributed by atoms with Gasteiger partial charge in [-0.1, -0.05) is 43.4 Å². The molecule has 0 saturated carbocycles. The predicted octanol–water partition coefficient (Wildman–Crippen LogP) is 5.83. The van der Waals surface area contributed by atoms with Crippen LogP contribution in [0, 0.1) is 6.92 Å². The minimum Gasteiger partial charge on any atom is -0.360 e. The number of ether oxygens (including phenoxy) is 1. The molecule has 2 aromatic rings.